The van der Waals surface area contributed by atoms with Gasteiger partial charge in [-0.15, -0.1) is 0 Å². The van der Waals surface area contributed by atoms with Crippen molar-refractivity contribution in [2.45, 2.75) is 40.2 Å². The van der Waals surface area contributed by atoms with Gasteiger partial charge >= 0.3 is 0 Å². The van der Waals surface area contributed by atoms with Gasteiger partial charge in [-0.3, -0.25) is 4.68 Å². The van der Waals surface area contributed by atoms with Crippen LogP contribution >= 0.6 is 0 Å². The molecule has 4 rings (SSSR count). The highest BCUT2D eigenvalue weighted by Gasteiger charge is 2.21. The molecule has 8 nitrogen and oxygen atoms in total. The highest BCUT2D eigenvalue weighted by Crippen LogP contribution is 2.29. The molecule has 1 aliphatic heterocycles. The van der Waals surface area contributed by atoms with Gasteiger partial charge in [-0.1, -0.05) is 13.8 Å². The number of hydrogen-bond acceptors (Lipinski definition) is 7. The van der Waals surface area contributed by atoms with E-state index < -0.39 is 0 Å². The summed E-state index contributed by atoms with van der Waals surface area (Å²) in [5.74, 6) is 2.32. The Hall–Kier alpha value is -2.74. The second kappa shape index (κ2) is 8.10. The molecular formula is C20H28N8. The van der Waals surface area contributed by atoms with Crippen molar-refractivity contribution >= 4 is 28.6 Å². The quantitative estimate of drug-likeness (QED) is 0.680. The molecule has 1 aliphatic rings. The second-order valence-corrected chi connectivity index (χ2v) is 7.17. The maximum Gasteiger partial charge on any atom is 0.228 e. The molecule has 0 saturated carbocycles. The van der Waals surface area contributed by atoms with E-state index in [1.807, 2.05) is 23.0 Å². The predicted molar refractivity (Wildman–Crippen MR) is 112 cm³/mol. The lowest BCUT2D eigenvalue weighted by atomic mass is 10.2. The van der Waals surface area contributed by atoms with Gasteiger partial charge in [0, 0.05) is 38.9 Å². The maximum atomic E-state index is 4.94. The summed E-state index contributed by atoms with van der Waals surface area (Å²) in [6.45, 7) is 10.9. The van der Waals surface area contributed by atoms with Crippen molar-refractivity contribution in [2.24, 2.45) is 0 Å². The molecule has 0 amide bonds. The molecule has 3 aromatic rings. The van der Waals surface area contributed by atoms with Crippen LogP contribution in [-0.4, -0.2) is 50.9 Å². The number of pyridine rings is 1. The molecule has 0 unspecified atom stereocenters. The molecule has 1 fully saturated rings. The summed E-state index contributed by atoms with van der Waals surface area (Å²) >= 11 is 0. The van der Waals surface area contributed by atoms with Crippen LogP contribution in [0.3, 0.4) is 0 Å². The van der Waals surface area contributed by atoms with E-state index in [0.717, 1.165) is 85.4 Å². The molecule has 3 aromatic heterocycles. The number of aromatic nitrogens is 5. The highest BCUT2D eigenvalue weighted by molar-refractivity contribution is 5.90. The van der Waals surface area contributed by atoms with E-state index in [-0.39, 0.29) is 0 Å². The SMILES string of the molecule is CCCn1nc(CC)c2nc(N3CCNCC3)nc(Nc3cc(C)ccn3)c21. The molecule has 0 atom stereocenters. The lowest BCUT2D eigenvalue weighted by Gasteiger charge is -2.27. The first-order chi connectivity index (χ1) is 13.7. The second-order valence-electron chi connectivity index (χ2n) is 7.17. The van der Waals surface area contributed by atoms with Gasteiger partial charge < -0.3 is 15.5 Å². The number of rotatable bonds is 6. The van der Waals surface area contributed by atoms with Gasteiger partial charge in [-0.2, -0.15) is 10.1 Å². The first-order valence-corrected chi connectivity index (χ1v) is 10.1. The van der Waals surface area contributed by atoms with E-state index in [4.69, 9.17) is 15.1 Å². The van der Waals surface area contributed by atoms with Crippen LogP contribution in [0.1, 0.15) is 31.5 Å². The van der Waals surface area contributed by atoms with E-state index in [1.165, 1.54) is 0 Å². The van der Waals surface area contributed by atoms with Crippen LogP contribution in [0, 0.1) is 6.92 Å². The minimum atomic E-state index is 0.759. The molecule has 28 heavy (non-hydrogen) atoms. The van der Waals surface area contributed by atoms with Gasteiger partial charge in [0.05, 0.1) is 5.69 Å². The summed E-state index contributed by atoms with van der Waals surface area (Å²) in [6, 6.07) is 4.02. The average Bonchev–Trinajstić information content (AvgIpc) is 3.07. The Labute approximate surface area is 165 Å². The molecule has 0 radical (unpaired) electrons. The molecule has 8 heteroatoms. The number of nitrogens with zero attached hydrogens (tertiary/aromatic N) is 6. The van der Waals surface area contributed by atoms with Crippen molar-refractivity contribution in [1.82, 2.24) is 30.0 Å². The summed E-state index contributed by atoms with van der Waals surface area (Å²) < 4.78 is 2.04. The lowest BCUT2D eigenvalue weighted by molar-refractivity contribution is 0.580. The minimum absolute atomic E-state index is 0.759. The molecule has 2 N–H and O–H groups in total. The van der Waals surface area contributed by atoms with Crippen LogP contribution < -0.4 is 15.5 Å². The third-order valence-corrected chi connectivity index (χ3v) is 4.98. The summed E-state index contributed by atoms with van der Waals surface area (Å²) in [4.78, 5) is 16.6. The van der Waals surface area contributed by atoms with Gasteiger partial charge in [-0.25, -0.2) is 9.97 Å². The minimum Gasteiger partial charge on any atom is -0.338 e. The van der Waals surface area contributed by atoms with Crippen LogP contribution in [0.5, 0.6) is 0 Å². The van der Waals surface area contributed by atoms with Gasteiger partial charge in [0.25, 0.3) is 0 Å². The van der Waals surface area contributed by atoms with Crippen LogP contribution in [0.15, 0.2) is 18.3 Å². The lowest BCUT2D eigenvalue weighted by Crippen LogP contribution is -2.44. The first-order valence-electron chi connectivity index (χ1n) is 10.1. The number of aryl methyl sites for hydroxylation is 3. The molecular weight excluding hydrogens is 352 g/mol. The summed E-state index contributed by atoms with van der Waals surface area (Å²) in [5.41, 5.74) is 4.07. The number of fused-ring (bicyclic) bond motifs is 1. The van der Waals surface area contributed by atoms with E-state index in [1.54, 1.807) is 0 Å². The molecule has 1 saturated heterocycles. The summed E-state index contributed by atoms with van der Waals surface area (Å²) in [6.07, 6.45) is 3.66. The number of piperazine rings is 1. The van der Waals surface area contributed by atoms with Crippen LogP contribution in [0.4, 0.5) is 17.6 Å². The van der Waals surface area contributed by atoms with Gasteiger partial charge in [0.15, 0.2) is 5.82 Å². The third kappa shape index (κ3) is 3.64. The van der Waals surface area contributed by atoms with Crippen LogP contribution in [0.25, 0.3) is 11.0 Å². The van der Waals surface area contributed by atoms with Crippen molar-refractivity contribution in [1.29, 1.82) is 0 Å². The topological polar surface area (TPSA) is 83.8 Å². The number of anilines is 3. The fraction of sp³-hybridized carbons (Fsp3) is 0.500. The van der Waals surface area contributed by atoms with Crippen LogP contribution in [0.2, 0.25) is 0 Å². The molecule has 0 bridgehead atoms. The fourth-order valence-electron chi connectivity index (χ4n) is 3.56. The Bertz CT molecular complexity index is 958. The Balaban J connectivity index is 1.86. The molecule has 148 valence electrons. The van der Waals surface area contributed by atoms with Crippen molar-refractivity contribution in [2.75, 3.05) is 36.4 Å². The summed E-state index contributed by atoms with van der Waals surface area (Å²) in [7, 11) is 0. The van der Waals surface area contributed by atoms with E-state index in [0.29, 0.717) is 0 Å². The van der Waals surface area contributed by atoms with Gasteiger partial charge in [-0.05, 0) is 37.5 Å². The largest absolute Gasteiger partial charge is 0.338 e. The normalized spacial score (nSPS) is 14.6. The van der Waals surface area contributed by atoms with Gasteiger partial charge in [0.2, 0.25) is 5.95 Å². The number of nitrogens with one attached hydrogen (secondary N) is 2. The van der Waals surface area contributed by atoms with E-state index in [2.05, 4.69) is 41.3 Å². The standard InChI is InChI=1S/C20H28N8/c1-4-10-28-18-17(15(5-2)26-28)24-20(27-11-8-21-9-12-27)25-19(18)23-16-13-14(3)6-7-22-16/h6-7,13,21H,4-5,8-12H2,1-3H3,(H,22,23,24,25). The maximum absolute atomic E-state index is 4.94. The van der Waals surface area contributed by atoms with Crippen molar-refractivity contribution in [3.8, 4) is 0 Å². The monoisotopic (exact) mass is 380 g/mol. The smallest absolute Gasteiger partial charge is 0.228 e. The van der Waals surface area contributed by atoms with Gasteiger partial charge in [0.1, 0.15) is 16.9 Å². The zero-order chi connectivity index (χ0) is 19.5. The van der Waals surface area contributed by atoms with Crippen molar-refractivity contribution in [3.63, 3.8) is 0 Å². The molecule has 4 heterocycles. The Morgan fingerprint density at radius 2 is 2.00 bits per heavy atom. The molecule has 0 aliphatic carbocycles. The Morgan fingerprint density at radius 3 is 2.71 bits per heavy atom. The highest BCUT2D eigenvalue weighted by atomic mass is 15.3. The zero-order valence-corrected chi connectivity index (χ0v) is 16.9. The molecule has 0 aromatic carbocycles. The average molecular weight is 381 g/mol. The predicted octanol–water partition coefficient (Wildman–Crippen LogP) is 2.66. The fourth-order valence-corrected chi connectivity index (χ4v) is 3.56. The summed E-state index contributed by atoms with van der Waals surface area (Å²) in [5, 5.41) is 11.7. The van der Waals surface area contributed by atoms with E-state index >= 15 is 0 Å². The van der Waals surface area contributed by atoms with Crippen molar-refractivity contribution < 1.29 is 0 Å². The van der Waals surface area contributed by atoms with Crippen LogP contribution in [-0.2, 0) is 13.0 Å². The third-order valence-electron chi connectivity index (χ3n) is 4.98. The Morgan fingerprint density at radius 1 is 1.18 bits per heavy atom. The zero-order valence-electron chi connectivity index (χ0n) is 16.9. The first kappa shape index (κ1) is 18.6. The van der Waals surface area contributed by atoms with Crippen molar-refractivity contribution in [3.05, 3.63) is 29.6 Å². The van der Waals surface area contributed by atoms with E-state index in [9.17, 15) is 0 Å². The Kier molecular flexibility index (Phi) is 5.38. The molecule has 0 spiro atoms. The number of hydrogen-bond donors (Lipinski definition) is 2.